The number of amides is 3. The van der Waals surface area contributed by atoms with E-state index in [1.165, 1.54) is 50.1 Å². The maximum Gasteiger partial charge on any atom is 0.276 e. The zero-order valence-corrected chi connectivity index (χ0v) is 87.1. The summed E-state index contributed by atoms with van der Waals surface area (Å²) in [6.45, 7) is 40.4. The van der Waals surface area contributed by atoms with Gasteiger partial charge in [-0.3, -0.25) is 57.4 Å². The van der Waals surface area contributed by atoms with E-state index in [1.54, 1.807) is 72.3 Å². The van der Waals surface area contributed by atoms with E-state index in [0.29, 0.717) is 67.0 Å². The fourth-order valence-corrected chi connectivity index (χ4v) is 21.5. The zero-order valence-electron chi connectivity index (χ0n) is 78.0. The number of aromatic nitrogens is 9. The summed E-state index contributed by atoms with van der Waals surface area (Å²) in [6, 6.07) is 14.0. The van der Waals surface area contributed by atoms with Crippen molar-refractivity contribution in [1.82, 2.24) is 58.3 Å². The first kappa shape index (κ1) is 107. The standard InChI is InChI=1S/3C33H29Cl4FN6O3/c3*1-7-21(45)43-16(5)12-42(13-17(43)6)30-18-10-20(34)28(22-23(35)24(36)25(37)31(46)26(22)38)41-32(18)44(33(47)19(30)11-39)29-15(4)8-9-40-27(29)14(2)3/h3*7-10,14,16-17,46H,1,12-13H2,2-6H3/t3*16-,17+. The Morgan fingerprint density at radius 2 is 0.596 bits per heavy atom. The SMILES string of the molecule is C=CC(=O)N1[C@H](C)CN(c2c(C#N)c(=O)n(-c3c(C)ccnc3C(C)C)c3nc(-c4c(F)c(O)c(Cl)c(Cl)c4Cl)c(Cl)cc23)C[C@@H]1C.C=CC(=O)N1[C@H](C)CN(c2c(C#N)c(=O)n(-c3c(C)ccnc3C(C)C)c3nc(-c4c(F)c(O)c(Cl)c(Cl)c4Cl)c(Cl)cc23)C[C@@H]1C.C=CC(=O)N1[C@H](C)CN(c2c(C#N)c(=O)n(-c3c(C)ccnc3C(C)C)c3nc(-c4c(F)c(O)c(Cl)c(Cl)c4Cl)c(Cl)cc23)C[C@@H]1C. The summed E-state index contributed by atoms with van der Waals surface area (Å²) in [7, 11) is 0. The van der Waals surface area contributed by atoms with Crippen LogP contribution in [0.4, 0.5) is 30.2 Å². The van der Waals surface area contributed by atoms with Gasteiger partial charge in [-0.05, 0) is 151 Å². The molecule has 0 aliphatic carbocycles. The van der Waals surface area contributed by atoms with Gasteiger partial charge in [-0.25, -0.2) is 28.1 Å². The molecular formula is C99H87Cl12F3N18O9. The number of rotatable bonds is 15. The Morgan fingerprint density at radius 1 is 0.383 bits per heavy atom. The molecule has 15 rings (SSSR count). The first-order valence-corrected chi connectivity index (χ1v) is 48.2. The second-order valence-electron chi connectivity index (χ2n) is 35.1. The number of hydrogen-bond acceptors (Lipinski definition) is 21. The van der Waals surface area contributed by atoms with Gasteiger partial charge in [-0.15, -0.1) is 0 Å². The molecule has 0 saturated carbocycles. The van der Waals surface area contributed by atoms with Crippen LogP contribution in [-0.2, 0) is 14.4 Å². The molecule has 141 heavy (non-hydrogen) atoms. The smallest absolute Gasteiger partial charge is 0.276 e. The van der Waals surface area contributed by atoms with Crippen molar-refractivity contribution >= 4 is 207 Å². The van der Waals surface area contributed by atoms with Crippen molar-refractivity contribution in [2.24, 2.45) is 0 Å². The van der Waals surface area contributed by atoms with E-state index in [2.05, 4.69) is 52.9 Å². The Kier molecular flexibility index (Phi) is 31.9. The van der Waals surface area contributed by atoms with Gasteiger partial charge in [0, 0.05) is 110 Å². The molecule has 0 bridgehead atoms. The number of nitriles is 3. The Labute approximate surface area is 867 Å². The number of benzene rings is 3. The Hall–Kier alpha value is -11.6. The van der Waals surface area contributed by atoms with E-state index in [9.17, 15) is 59.9 Å². The highest BCUT2D eigenvalue weighted by Crippen LogP contribution is 2.53. The van der Waals surface area contributed by atoms with Crippen molar-refractivity contribution in [3.8, 4) is 86.3 Å². The van der Waals surface area contributed by atoms with Crippen LogP contribution in [0.2, 0.25) is 60.3 Å². The molecule has 3 saturated heterocycles. The van der Waals surface area contributed by atoms with Gasteiger partial charge in [-0.1, -0.05) is 200 Å². The van der Waals surface area contributed by atoms with Gasteiger partial charge in [0.05, 0.1) is 130 Å². The molecule has 3 N–H and O–H groups in total. The van der Waals surface area contributed by atoms with Crippen molar-refractivity contribution in [1.29, 1.82) is 15.8 Å². The van der Waals surface area contributed by atoms with Crippen LogP contribution in [0.25, 0.3) is 83.9 Å². The molecule has 3 amide bonds. The van der Waals surface area contributed by atoms with Gasteiger partial charge in [-0.2, -0.15) is 15.8 Å². The van der Waals surface area contributed by atoms with Crippen molar-refractivity contribution in [2.75, 3.05) is 54.0 Å². The predicted octanol–water partition coefficient (Wildman–Crippen LogP) is 23.5. The summed E-state index contributed by atoms with van der Waals surface area (Å²) in [6.07, 6.45) is 8.61. The lowest BCUT2D eigenvalue weighted by Crippen LogP contribution is -2.58. The number of fused-ring (bicyclic) bond motifs is 3. The monoisotopic (exact) mass is 2150 g/mol. The van der Waals surface area contributed by atoms with Gasteiger partial charge in [0.15, 0.2) is 34.7 Å². The van der Waals surface area contributed by atoms with E-state index >= 15 is 13.2 Å². The summed E-state index contributed by atoms with van der Waals surface area (Å²) in [5.41, 5.74) is 1.08. The molecule has 3 aliphatic heterocycles. The highest BCUT2D eigenvalue weighted by molar-refractivity contribution is 6.52. The van der Waals surface area contributed by atoms with E-state index in [4.69, 9.17) is 154 Å². The third-order valence-corrected chi connectivity index (χ3v) is 29.6. The lowest BCUT2D eigenvalue weighted by molar-refractivity contribution is -0.131. The average molecular weight is 2160 g/mol. The topological polar surface area (TPSA) is 346 Å². The van der Waals surface area contributed by atoms with E-state index in [-0.39, 0.29) is 224 Å². The van der Waals surface area contributed by atoms with E-state index < -0.39 is 83.1 Å². The number of phenols is 3. The van der Waals surface area contributed by atoms with Crippen LogP contribution in [0.5, 0.6) is 17.2 Å². The molecule has 3 fully saturated rings. The molecule has 12 aromatic rings. The normalized spacial score (nSPS) is 16.6. The number of anilines is 3. The van der Waals surface area contributed by atoms with Crippen LogP contribution in [0, 0.1) is 72.2 Å². The fourth-order valence-electron chi connectivity index (χ4n) is 18.7. The van der Waals surface area contributed by atoms with Gasteiger partial charge < -0.3 is 44.7 Å². The van der Waals surface area contributed by atoms with Crippen molar-refractivity contribution in [2.45, 2.75) is 158 Å². The summed E-state index contributed by atoms with van der Waals surface area (Å²) in [5.74, 6) is -7.68. The summed E-state index contributed by atoms with van der Waals surface area (Å²) in [5, 5.41) is 59.9. The van der Waals surface area contributed by atoms with Crippen molar-refractivity contribution in [3.63, 3.8) is 0 Å². The van der Waals surface area contributed by atoms with E-state index in [0.717, 1.165) is 0 Å². The third-order valence-electron chi connectivity index (χ3n) is 24.8. The molecule has 0 radical (unpaired) electrons. The fraction of sp³-hybridized carbons (Fsp3) is 0.303. The Bertz CT molecular complexity index is 6860. The largest absolute Gasteiger partial charge is 0.504 e. The number of phenolic OH excluding ortho intramolecular Hbond substituents is 3. The van der Waals surface area contributed by atoms with Crippen molar-refractivity contribution < 1.29 is 42.9 Å². The third kappa shape index (κ3) is 18.8. The number of piperazine rings is 3. The lowest BCUT2D eigenvalue weighted by atomic mass is 10.0. The molecule has 12 heterocycles. The van der Waals surface area contributed by atoms with Crippen LogP contribution in [0.3, 0.4) is 0 Å². The molecule has 9 aromatic heterocycles. The second-order valence-corrected chi connectivity index (χ2v) is 39.8. The second kappa shape index (κ2) is 42.1. The summed E-state index contributed by atoms with van der Waals surface area (Å²) in [4.78, 5) is 120. The first-order chi connectivity index (χ1) is 66.5. The highest BCUT2D eigenvalue weighted by Gasteiger charge is 2.42. The van der Waals surface area contributed by atoms with Crippen LogP contribution >= 0.6 is 139 Å². The Morgan fingerprint density at radius 3 is 0.787 bits per heavy atom. The molecule has 42 heteroatoms. The molecule has 3 aromatic carbocycles. The minimum atomic E-state index is -1.22. The van der Waals surface area contributed by atoms with E-state index in [1.807, 2.05) is 97.8 Å². The quantitative estimate of drug-likeness (QED) is 0.0487. The highest BCUT2D eigenvalue weighted by atomic mass is 35.5. The van der Waals surface area contributed by atoms with Gasteiger partial charge in [0.25, 0.3) is 16.7 Å². The molecule has 6 atom stereocenters. The minimum Gasteiger partial charge on any atom is -0.504 e. The maximum atomic E-state index is 15.7. The van der Waals surface area contributed by atoms with Gasteiger partial charge in [0.1, 0.15) is 66.9 Å². The number of nitrogens with zero attached hydrogens (tertiary/aromatic N) is 18. The maximum absolute atomic E-state index is 15.7. The summed E-state index contributed by atoms with van der Waals surface area (Å²) < 4.78 is 50.8. The lowest BCUT2D eigenvalue weighted by Gasteiger charge is -2.45. The number of carbonyl (C=O) groups is 3. The van der Waals surface area contributed by atoms with Crippen LogP contribution < -0.4 is 31.4 Å². The molecule has 732 valence electrons. The molecule has 3 aliphatic rings. The number of aromatic hydroxyl groups is 3. The van der Waals surface area contributed by atoms with Gasteiger partial charge >= 0.3 is 0 Å². The number of hydrogen-bond donors (Lipinski definition) is 3. The van der Waals surface area contributed by atoms with Gasteiger partial charge in [0.2, 0.25) is 17.7 Å². The zero-order chi connectivity index (χ0) is 104. The van der Waals surface area contributed by atoms with Crippen LogP contribution in [-0.4, -0.2) is 167 Å². The number of carbonyl (C=O) groups excluding carboxylic acids is 3. The molecule has 27 nitrogen and oxygen atoms in total. The van der Waals surface area contributed by atoms with Crippen LogP contribution in [0.15, 0.2) is 107 Å². The Balaban J connectivity index is 0.000000178. The predicted molar refractivity (Wildman–Crippen MR) is 552 cm³/mol. The van der Waals surface area contributed by atoms with Crippen LogP contribution in [0.1, 0.15) is 151 Å². The number of halogens is 15. The first-order valence-electron chi connectivity index (χ1n) is 43.7. The number of aryl methyl sites for hydroxylation is 3. The summed E-state index contributed by atoms with van der Waals surface area (Å²) >= 11 is 76.6. The van der Waals surface area contributed by atoms with Crippen molar-refractivity contribution in [3.05, 3.63) is 252 Å². The molecule has 0 unspecified atom stereocenters. The number of pyridine rings is 9. The molecule has 0 spiro atoms. The average Bonchev–Trinajstić information content (AvgIpc) is 0.725. The minimum absolute atomic E-state index is 0.0207. The molecular weight excluding hydrogens is 2070 g/mol.